The molecule has 20 heavy (non-hydrogen) atoms. The topological polar surface area (TPSA) is 56.7 Å². The quantitative estimate of drug-likeness (QED) is 0.843. The number of aryl methyl sites for hydroxylation is 1. The first-order valence-corrected chi connectivity index (χ1v) is 7.32. The van der Waals surface area contributed by atoms with Gasteiger partial charge in [-0.2, -0.15) is 5.10 Å². The number of hydrogen-bond acceptors (Lipinski definition) is 3. The molecule has 2 N–H and O–H groups in total. The highest BCUT2D eigenvalue weighted by molar-refractivity contribution is 5.19. The lowest BCUT2D eigenvalue weighted by molar-refractivity contribution is 0.459. The molecule has 1 aromatic carbocycles. The second-order valence-electron chi connectivity index (χ2n) is 5.63. The van der Waals surface area contributed by atoms with Gasteiger partial charge in [0.25, 0.3) is 0 Å². The second kappa shape index (κ2) is 7.20. The van der Waals surface area contributed by atoms with Crippen molar-refractivity contribution < 1.29 is 0 Å². The number of nitrogens with zero attached hydrogens (tertiary/aromatic N) is 3. The number of aromatic nitrogens is 3. The molecule has 0 fully saturated rings. The van der Waals surface area contributed by atoms with Gasteiger partial charge in [0.05, 0.1) is 0 Å². The van der Waals surface area contributed by atoms with Gasteiger partial charge in [0.15, 0.2) is 0 Å². The number of hydrogen-bond donors (Lipinski definition) is 1. The van der Waals surface area contributed by atoms with Gasteiger partial charge in [0.1, 0.15) is 12.2 Å². The maximum absolute atomic E-state index is 5.92. The van der Waals surface area contributed by atoms with Crippen LogP contribution in [0.25, 0.3) is 0 Å². The summed E-state index contributed by atoms with van der Waals surface area (Å²) in [7, 11) is 0. The molecule has 1 aromatic heterocycles. The molecule has 2 rings (SSSR count). The predicted molar refractivity (Wildman–Crippen MR) is 81.4 cm³/mol. The zero-order valence-electron chi connectivity index (χ0n) is 12.4. The Labute approximate surface area is 121 Å². The van der Waals surface area contributed by atoms with Crippen LogP contribution >= 0.6 is 0 Å². The Morgan fingerprint density at radius 3 is 2.60 bits per heavy atom. The van der Waals surface area contributed by atoms with E-state index in [1.165, 1.54) is 5.56 Å². The average molecular weight is 272 g/mol. The van der Waals surface area contributed by atoms with Crippen molar-refractivity contribution in [3.8, 4) is 0 Å². The van der Waals surface area contributed by atoms with Gasteiger partial charge in [0.2, 0.25) is 0 Å². The summed E-state index contributed by atoms with van der Waals surface area (Å²) in [5.74, 6) is 2.03. The van der Waals surface area contributed by atoms with E-state index < -0.39 is 0 Å². The van der Waals surface area contributed by atoms with E-state index in [1.54, 1.807) is 6.33 Å². The first kappa shape index (κ1) is 14.7. The van der Waals surface area contributed by atoms with Crippen molar-refractivity contribution in [1.82, 2.24) is 14.8 Å². The third-order valence-corrected chi connectivity index (χ3v) is 3.51. The van der Waals surface area contributed by atoms with Gasteiger partial charge in [-0.1, -0.05) is 44.2 Å². The van der Waals surface area contributed by atoms with E-state index in [0.29, 0.717) is 18.4 Å². The third kappa shape index (κ3) is 3.90. The summed E-state index contributed by atoms with van der Waals surface area (Å²) in [6, 6.07) is 10.5. The minimum Gasteiger partial charge on any atom is -0.330 e. The van der Waals surface area contributed by atoms with Gasteiger partial charge in [-0.15, -0.1) is 0 Å². The fourth-order valence-corrected chi connectivity index (χ4v) is 2.43. The van der Waals surface area contributed by atoms with E-state index in [2.05, 4.69) is 48.2 Å². The van der Waals surface area contributed by atoms with Gasteiger partial charge in [-0.25, -0.2) is 9.67 Å². The minimum absolute atomic E-state index is 0.389. The van der Waals surface area contributed by atoms with E-state index in [0.717, 1.165) is 25.2 Å². The molecule has 0 radical (unpaired) electrons. The van der Waals surface area contributed by atoms with Crippen molar-refractivity contribution in [2.75, 3.05) is 6.54 Å². The number of benzene rings is 1. The van der Waals surface area contributed by atoms with E-state index in [4.69, 9.17) is 5.73 Å². The third-order valence-electron chi connectivity index (χ3n) is 3.51. The highest BCUT2D eigenvalue weighted by atomic mass is 15.3. The highest BCUT2D eigenvalue weighted by Crippen LogP contribution is 2.20. The lowest BCUT2D eigenvalue weighted by atomic mass is 9.94. The Morgan fingerprint density at radius 2 is 1.95 bits per heavy atom. The maximum atomic E-state index is 5.92. The second-order valence-corrected chi connectivity index (χ2v) is 5.63. The molecule has 4 nitrogen and oxygen atoms in total. The fourth-order valence-electron chi connectivity index (χ4n) is 2.43. The summed E-state index contributed by atoms with van der Waals surface area (Å²) in [6.07, 6.45) is 3.58. The monoisotopic (exact) mass is 272 g/mol. The SMILES string of the molecule is CC(C)Cn1ncnc1CCC(CN)c1ccccc1. The molecule has 1 heterocycles. The van der Waals surface area contributed by atoms with Crippen LogP contribution in [0.5, 0.6) is 0 Å². The molecule has 0 saturated carbocycles. The van der Waals surface area contributed by atoms with Crippen LogP contribution in [0.3, 0.4) is 0 Å². The lowest BCUT2D eigenvalue weighted by Crippen LogP contribution is -2.16. The minimum atomic E-state index is 0.389. The van der Waals surface area contributed by atoms with Crippen molar-refractivity contribution in [3.63, 3.8) is 0 Å². The number of nitrogens with two attached hydrogens (primary N) is 1. The smallest absolute Gasteiger partial charge is 0.138 e. The normalized spacial score (nSPS) is 12.8. The van der Waals surface area contributed by atoms with E-state index in [1.807, 2.05) is 10.7 Å². The summed E-state index contributed by atoms with van der Waals surface area (Å²) in [6.45, 7) is 5.98. The molecular weight excluding hydrogens is 248 g/mol. The Kier molecular flexibility index (Phi) is 5.30. The van der Waals surface area contributed by atoms with Crippen LogP contribution in [-0.2, 0) is 13.0 Å². The van der Waals surface area contributed by atoms with Crippen LogP contribution in [-0.4, -0.2) is 21.3 Å². The van der Waals surface area contributed by atoms with Gasteiger partial charge >= 0.3 is 0 Å². The van der Waals surface area contributed by atoms with Gasteiger partial charge < -0.3 is 5.73 Å². The zero-order chi connectivity index (χ0) is 14.4. The Balaban J connectivity index is 1.99. The zero-order valence-corrected chi connectivity index (χ0v) is 12.4. The van der Waals surface area contributed by atoms with E-state index in [9.17, 15) is 0 Å². The first-order chi connectivity index (χ1) is 9.70. The molecule has 1 atom stereocenters. The van der Waals surface area contributed by atoms with Crippen molar-refractivity contribution in [2.45, 2.75) is 39.2 Å². The van der Waals surface area contributed by atoms with Crippen molar-refractivity contribution in [1.29, 1.82) is 0 Å². The van der Waals surface area contributed by atoms with E-state index in [-0.39, 0.29) is 0 Å². The van der Waals surface area contributed by atoms with Crippen LogP contribution in [0.15, 0.2) is 36.7 Å². The molecular formula is C16H24N4. The molecule has 0 saturated heterocycles. The average Bonchev–Trinajstić information content (AvgIpc) is 2.87. The van der Waals surface area contributed by atoms with Crippen molar-refractivity contribution in [3.05, 3.63) is 48.0 Å². The summed E-state index contributed by atoms with van der Waals surface area (Å²) in [5, 5.41) is 4.31. The molecule has 0 bridgehead atoms. The molecule has 108 valence electrons. The molecule has 0 amide bonds. The maximum Gasteiger partial charge on any atom is 0.138 e. The molecule has 0 spiro atoms. The van der Waals surface area contributed by atoms with Gasteiger partial charge in [0, 0.05) is 13.0 Å². The van der Waals surface area contributed by atoms with Gasteiger partial charge in [-0.05, 0) is 30.4 Å². The molecule has 0 aliphatic heterocycles. The predicted octanol–water partition coefficient (Wildman–Crippen LogP) is 2.61. The fraction of sp³-hybridized carbons (Fsp3) is 0.500. The van der Waals surface area contributed by atoms with Crippen molar-refractivity contribution >= 4 is 0 Å². The van der Waals surface area contributed by atoms with Crippen LogP contribution in [0.1, 0.15) is 37.6 Å². The molecule has 2 aromatic rings. The largest absolute Gasteiger partial charge is 0.330 e. The molecule has 0 aliphatic carbocycles. The number of rotatable bonds is 7. The molecule has 1 unspecified atom stereocenters. The highest BCUT2D eigenvalue weighted by Gasteiger charge is 2.12. The van der Waals surface area contributed by atoms with Crippen molar-refractivity contribution in [2.24, 2.45) is 11.7 Å². The van der Waals surface area contributed by atoms with Crippen LogP contribution in [0.2, 0.25) is 0 Å². The first-order valence-electron chi connectivity index (χ1n) is 7.32. The van der Waals surface area contributed by atoms with Crippen LogP contribution < -0.4 is 5.73 Å². The summed E-state index contributed by atoms with van der Waals surface area (Å²) < 4.78 is 2.02. The Bertz CT molecular complexity index is 504. The standard InChI is InChI=1S/C16H24N4/c1-13(2)11-20-16(18-12-19-20)9-8-15(10-17)14-6-4-3-5-7-14/h3-7,12-13,15H,8-11,17H2,1-2H3. The van der Waals surface area contributed by atoms with E-state index >= 15 is 0 Å². The van der Waals surface area contributed by atoms with Crippen LogP contribution in [0, 0.1) is 5.92 Å². The summed E-state index contributed by atoms with van der Waals surface area (Å²) in [5.41, 5.74) is 7.23. The summed E-state index contributed by atoms with van der Waals surface area (Å²) >= 11 is 0. The lowest BCUT2D eigenvalue weighted by Gasteiger charge is -2.15. The van der Waals surface area contributed by atoms with Gasteiger partial charge in [-0.3, -0.25) is 0 Å². The Morgan fingerprint density at radius 1 is 1.20 bits per heavy atom. The molecule has 0 aliphatic rings. The molecule has 4 heteroatoms. The Hall–Kier alpha value is -1.68. The summed E-state index contributed by atoms with van der Waals surface area (Å²) in [4.78, 5) is 4.38. The van der Waals surface area contributed by atoms with Crippen LogP contribution in [0.4, 0.5) is 0 Å².